The summed E-state index contributed by atoms with van der Waals surface area (Å²) in [6, 6.07) is 8.25. The number of carbonyl (C=O) groups excluding carboxylic acids is 1. The van der Waals surface area contributed by atoms with Crippen LogP contribution in [0, 0.1) is 0 Å². The quantitative estimate of drug-likeness (QED) is 0.829. The predicted molar refractivity (Wildman–Crippen MR) is 70.7 cm³/mol. The van der Waals surface area contributed by atoms with Gasteiger partial charge in [-0.25, -0.2) is 0 Å². The van der Waals surface area contributed by atoms with Crippen LogP contribution in [0.15, 0.2) is 30.3 Å². The van der Waals surface area contributed by atoms with E-state index in [-0.39, 0.29) is 17.4 Å². The zero-order chi connectivity index (χ0) is 12.5. The minimum absolute atomic E-state index is 0.115. The van der Waals surface area contributed by atoms with E-state index in [1.165, 1.54) is 11.1 Å². The van der Waals surface area contributed by atoms with Crippen molar-refractivity contribution in [1.29, 1.82) is 0 Å². The first-order chi connectivity index (χ1) is 7.96. The Labute approximate surface area is 103 Å². The zero-order valence-corrected chi connectivity index (χ0v) is 10.7. The third-order valence-electron chi connectivity index (χ3n) is 2.82. The Hall–Kier alpha value is -1.57. The number of nitrogens with one attached hydrogen (secondary N) is 1. The molecule has 0 heterocycles. The highest BCUT2D eigenvalue weighted by Gasteiger charge is 2.21. The maximum Gasteiger partial charge on any atom is 0.221 e. The summed E-state index contributed by atoms with van der Waals surface area (Å²) in [6.45, 7) is 6.01. The molecule has 1 N–H and O–H groups in total. The van der Waals surface area contributed by atoms with Gasteiger partial charge in [0, 0.05) is 17.9 Å². The van der Waals surface area contributed by atoms with Gasteiger partial charge in [0.05, 0.1) is 0 Å². The van der Waals surface area contributed by atoms with Gasteiger partial charge in [0.25, 0.3) is 0 Å². The number of allylic oxidation sites excluding steroid dienone is 1. The molecule has 2 nitrogen and oxygen atoms in total. The summed E-state index contributed by atoms with van der Waals surface area (Å²) in [4.78, 5) is 11.9. The minimum atomic E-state index is -0.154. The van der Waals surface area contributed by atoms with Gasteiger partial charge >= 0.3 is 0 Å². The molecule has 0 spiro atoms. The molecule has 1 unspecified atom stereocenters. The van der Waals surface area contributed by atoms with Crippen LogP contribution in [0.25, 0.3) is 6.08 Å². The molecule has 2 heteroatoms. The molecule has 1 aromatic rings. The fraction of sp³-hybridized carbons (Fsp3) is 0.400. The fourth-order valence-corrected chi connectivity index (χ4v) is 2.17. The van der Waals surface area contributed by atoms with Crippen molar-refractivity contribution in [3.63, 3.8) is 0 Å². The van der Waals surface area contributed by atoms with Gasteiger partial charge in [-0.3, -0.25) is 4.79 Å². The van der Waals surface area contributed by atoms with Gasteiger partial charge in [-0.05, 0) is 31.9 Å². The van der Waals surface area contributed by atoms with Crippen molar-refractivity contribution in [1.82, 2.24) is 5.32 Å². The van der Waals surface area contributed by atoms with Crippen LogP contribution in [0.4, 0.5) is 0 Å². The normalized spacial score (nSPS) is 17.9. The smallest absolute Gasteiger partial charge is 0.221 e. The van der Waals surface area contributed by atoms with Gasteiger partial charge in [0.2, 0.25) is 5.91 Å². The molecule has 0 bridgehead atoms. The molecule has 0 radical (unpaired) electrons. The lowest BCUT2D eigenvalue weighted by molar-refractivity contribution is -0.122. The fourth-order valence-electron chi connectivity index (χ4n) is 2.17. The van der Waals surface area contributed by atoms with E-state index in [9.17, 15) is 4.79 Å². The van der Waals surface area contributed by atoms with Gasteiger partial charge in [-0.2, -0.15) is 0 Å². The first-order valence-electron chi connectivity index (χ1n) is 6.04. The van der Waals surface area contributed by atoms with Crippen molar-refractivity contribution in [3.05, 3.63) is 41.5 Å². The molecule has 2 rings (SSSR count). The topological polar surface area (TPSA) is 29.1 Å². The first kappa shape index (κ1) is 11.9. The summed E-state index contributed by atoms with van der Waals surface area (Å²) in [6.07, 6.45) is 4.75. The van der Waals surface area contributed by atoms with Crippen molar-refractivity contribution in [2.45, 2.75) is 38.6 Å². The molecule has 0 aromatic heterocycles. The van der Waals surface area contributed by atoms with Crippen molar-refractivity contribution < 1.29 is 4.79 Å². The van der Waals surface area contributed by atoms with Gasteiger partial charge in [-0.1, -0.05) is 36.4 Å². The largest absolute Gasteiger partial charge is 0.351 e. The Kier molecular flexibility index (Phi) is 3.05. The van der Waals surface area contributed by atoms with Crippen LogP contribution >= 0.6 is 0 Å². The van der Waals surface area contributed by atoms with E-state index in [2.05, 4.69) is 29.6 Å². The summed E-state index contributed by atoms with van der Waals surface area (Å²) < 4.78 is 0. The Morgan fingerprint density at radius 2 is 2.00 bits per heavy atom. The minimum Gasteiger partial charge on any atom is -0.351 e. The summed E-state index contributed by atoms with van der Waals surface area (Å²) in [7, 11) is 0. The van der Waals surface area contributed by atoms with E-state index in [4.69, 9.17) is 0 Å². The second-order valence-corrected chi connectivity index (χ2v) is 5.60. The molecule has 0 saturated heterocycles. The van der Waals surface area contributed by atoms with E-state index < -0.39 is 0 Å². The zero-order valence-electron chi connectivity index (χ0n) is 10.7. The molecular weight excluding hydrogens is 210 g/mol. The molecule has 0 fully saturated rings. The maximum absolute atomic E-state index is 11.9. The SMILES string of the molecule is CC(C)(C)NC(=O)CC1C=Cc2ccccc21. The average molecular weight is 229 g/mol. The molecule has 17 heavy (non-hydrogen) atoms. The van der Waals surface area contributed by atoms with Crippen LogP contribution in [-0.2, 0) is 4.79 Å². The molecule has 1 amide bonds. The van der Waals surface area contributed by atoms with Crippen LogP contribution < -0.4 is 5.32 Å². The highest BCUT2D eigenvalue weighted by molar-refractivity contribution is 5.79. The van der Waals surface area contributed by atoms with Crippen molar-refractivity contribution in [2.24, 2.45) is 0 Å². The number of benzene rings is 1. The number of amides is 1. The highest BCUT2D eigenvalue weighted by atomic mass is 16.1. The Morgan fingerprint density at radius 1 is 1.29 bits per heavy atom. The van der Waals surface area contributed by atoms with E-state index in [1.807, 2.05) is 32.9 Å². The van der Waals surface area contributed by atoms with Crippen LogP contribution in [0.3, 0.4) is 0 Å². The molecule has 1 aliphatic rings. The van der Waals surface area contributed by atoms with E-state index in [0.717, 1.165) is 0 Å². The van der Waals surface area contributed by atoms with Gasteiger partial charge in [-0.15, -0.1) is 0 Å². The lowest BCUT2D eigenvalue weighted by Crippen LogP contribution is -2.40. The summed E-state index contributed by atoms with van der Waals surface area (Å²) in [5, 5.41) is 3.00. The second kappa shape index (κ2) is 4.36. The summed E-state index contributed by atoms with van der Waals surface area (Å²) in [5.41, 5.74) is 2.34. The number of hydrogen-bond donors (Lipinski definition) is 1. The van der Waals surface area contributed by atoms with Crippen molar-refractivity contribution >= 4 is 12.0 Å². The molecule has 1 atom stereocenters. The van der Waals surface area contributed by atoms with E-state index >= 15 is 0 Å². The average Bonchev–Trinajstić information content (AvgIpc) is 2.59. The Bertz CT molecular complexity index is 454. The number of hydrogen-bond acceptors (Lipinski definition) is 1. The van der Waals surface area contributed by atoms with Crippen LogP contribution in [-0.4, -0.2) is 11.4 Å². The Balaban J connectivity index is 2.03. The lowest BCUT2D eigenvalue weighted by atomic mass is 9.96. The van der Waals surface area contributed by atoms with Crippen LogP contribution in [0.5, 0.6) is 0 Å². The number of rotatable bonds is 2. The van der Waals surface area contributed by atoms with E-state index in [0.29, 0.717) is 6.42 Å². The predicted octanol–water partition coefficient (Wildman–Crippen LogP) is 3.10. The van der Waals surface area contributed by atoms with Gasteiger partial charge in [0.15, 0.2) is 0 Å². The van der Waals surface area contributed by atoms with Crippen molar-refractivity contribution in [3.8, 4) is 0 Å². The molecule has 1 aromatic carbocycles. The van der Waals surface area contributed by atoms with Crippen molar-refractivity contribution in [2.75, 3.05) is 0 Å². The highest BCUT2D eigenvalue weighted by Crippen LogP contribution is 2.32. The van der Waals surface area contributed by atoms with Gasteiger partial charge < -0.3 is 5.32 Å². The van der Waals surface area contributed by atoms with Gasteiger partial charge in [0.1, 0.15) is 0 Å². The van der Waals surface area contributed by atoms with E-state index in [1.54, 1.807) is 0 Å². The third kappa shape index (κ3) is 2.96. The molecule has 0 aliphatic heterocycles. The second-order valence-electron chi connectivity index (χ2n) is 5.60. The number of fused-ring (bicyclic) bond motifs is 1. The van der Waals surface area contributed by atoms with Crippen LogP contribution in [0.1, 0.15) is 44.2 Å². The lowest BCUT2D eigenvalue weighted by Gasteiger charge is -2.21. The number of carbonyl (C=O) groups is 1. The summed E-state index contributed by atoms with van der Waals surface area (Å²) in [5.74, 6) is 0.345. The maximum atomic E-state index is 11.9. The third-order valence-corrected chi connectivity index (χ3v) is 2.82. The van der Waals surface area contributed by atoms with Crippen LogP contribution in [0.2, 0.25) is 0 Å². The first-order valence-corrected chi connectivity index (χ1v) is 6.04. The molecule has 90 valence electrons. The monoisotopic (exact) mass is 229 g/mol. The molecule has 1 aliphatic carbocycles. The summed E-state index contributed by atoms with van der Waals surface area (Å²) >= 11 is 0. The molecular formula is C15H19NO. The Morgan fingerprint density at radius 3 is 2.71 bits per heavy atom. The standard InChI is InChI=1S/C15H19NO/c1-15(2,3)16-14(17)10-12-9-8-11-6-4-5-7-13(11)12/h4-9,12H,10H2,1-3H3,(H,16,17). The molecule has 0 saturated carbocycles.